The zero-order valence-electron chi connectivity index (χ0n) is 25.8. The highest BCUT2D eigenvalue weighted by atomic mass is 16.8. The molecule has 4 unspecified atom stereocenters. The van der Waals surface area contributed by atoms with Crippen LogP contribution in [0.4, 0.5) is 0 Å². The van der Waals surface area contributed by atoms with Gasteiger partial charge in [0, 0.05) is 14.2 Å². The van der Waals surface area contributed by atoms with Crippen molar-refractivity contribution in [1.82, 2.24) is 0 Å². The number of carboxylic acids is 2. The average Bonchev–Trinajstić information content (AvgIpc) is 3.04. The highest BCUT2D eigenvalue weighted by Crippen LogP contribution is 2.34. The third-order valence-corrected chi connectivity index (χ3v) is 8.44. The van der Waals surface area contributed by atoms with E-state index in [1.165, 1.54) is 14.2 Å². The van der Waals surface area contributed by atoms with Crippen molar-refractivity contribution in [3.05, 3.63) is 0 Å². The Morgan fingerprint density at radius 2 is 0.898 bits per heavy atom. The number of aliphatic hydroxyl groups excluding tert-OH is 10. The van der Waals surface area contributed by atoms with Crippen molar-refractivity contribution in [1.29, 1.82) is 0 Å². The largest absolute Gasteiger partial charge is 0.479 e. The molecule has 0 aliphatic carbocycles. The van der Waals surface area contributed by atoms with Gasteiger partial charge in [-0.3, -0.25) is 0 Å². The Labute approximate surface area is 276 Å². The molecule has 4 aliphatic heterocycles. The van der Waals surface area contributed by atoms with Gasteiger partial charge in [0.25, 0.3) is 0 Å². The van der Waals surface area contributed by atoms with Crippen LogP contribution in [0.25, 0.3) is 0 Å². The molecule has 20 atom stereocenters. The first-order valence-electron chi connectivity index (χ1n) is 14.9. The molecule has 0 aromatic rings. The summed E-state index contributed by atoms with van der Waals surface area (Å²) < 4.78 is 47.4. The molecule has 0 aromatic carbocycles. The van der Waals surface area contributed by atoms with Crippen LogP contribution in [0.2, 0.25) is 0 Å². The van der Waals surface area contributed by atoms with Gasteiger partial charge in [-0.05, 0) is 0 Å². The van der Waals surface area contributed by atoms with Gasteiger partial charge >= 0.3 is 11.9 Å². The van der Waals surface area contributed by atoms with Gasteiger partial charge in [0.15, 0.2) is 37.4 Å². The van der Waals surface area contributed by atoms with Crippen LogP contribution in [-0.2, 0) is 52.2 Å². The van der Waals surface area contributed by atoms with Crippen LogP contribution < -0.4 is 0 Å². The van der Waals surface area contributed by atoms with Crippen LogP contribution in [0.3, 0.4) is 0 Å². The quantitative estimate of drug-likeness (QED) is 0.0889. The van der Waals surface area contributed by atoms with Crippen molar-refractivity contribution in [3.8, 4) is 0 Å². The fourth-order valence-corrected chi connectivity index (χ4v) is 5.76. The molecule has 4 heterocycles. The second kappa shape index (κ2) is 16.7. The third-order valence-electron chi connectivity index (χ3n) is 8.44. The van der Waals surface area contributed by atoms with Gasteiger partial charge in [0.05, 0.1) is 13.2 Å². The average molecular weight is 723 g/mol. The SMILES string of the molecule is COC[C@@H]1OC(O)[C@H](OC2O[C@H](C(=O)O)[C@H](OC3O[C@@H](COC)[C@H](O)[C@@H](O)[C@H]3OC3O[C@H](C(=O)O)[C@H](O)[C@H](O)[C@H]3O)[C@H](O)[C@H]2O)[C@H](O)[C@H]1O. The standard InChI is InChI=1S/C26H42O23/c1-41-3-5-7(27)10(30)18(23(40)43-5)47-25-15(35)13(33)16(20(49-25)22(38)39)45-26-19(11(31)8(28)6(44-26)4-42-2)48-24-14(34)9(29)12(32)17(46-24)21(36)37/h5-20,23-35,40H,3-4H2,1-2H3,(H,36,37)(H,38,39)/t5-,6-,7-,8-,9-,10+,11+,12+,13+,14+,15+,16+,17-,18+,19+,20-,23?,24?,25?,26?/m0/s1. The summed E-state index contributed by atoms with van der Waals surface area (Å²) in [6, 6.07) is 0. The molecule has 23 nitrogen and oxygen atoms in total. The lowest BCUT2D eigenvalue weighted by Crippen LogP contribution is -2.68. The molecule has 4 aliphatic rings. The highest BCUT2D eigenvalue weighted by molar-refractivity contribution is 5.74. The maximum absolute atomic E-state index is 12.3. The Hall–Kier alpha value is -1.82. The maximum atomic E-state index is 12.3. The molecule has 0 bridgehead atoms. The number of methoxy groups -OCH3 is 2. The Morgan fingerprint density at radius 3 is 1.43 bits per heavy atom. The number of carboxylic acid groups (broad SMARTS) is 2. The monoisotopic (exact) mass is 722 g/mol. The lowest BCUT2D eigenvalue weighted by atomic mass is 9.95. The van der Waals surface area contributed by atoms with E-state index in [1.54, 1.807) is 0 Å². The summed E-state index contributed by atoms with van der Waals surface area (Å²) in [6.45, 7) is -0.655. The van der Waals surface area contributed by atoms with Crippen LogP contribution in [0.15, 0.2) is 0 Å². The van der Waals surface area contributed by atoms with Crippen LogP contribution in [0.1, 0.15) is 0 Å². The minimum absolute atomic E-state index is 0.247. The molecule has 0 amide bonds. The Bertz CT molecular complexity index is 1100. The van der Waals surface area contributed by atoms with E-state index in [4.69, 9.17) is 42.6 Å². The van der Waals surface area contributed by atoms with E-state index < -0.39 is 141 Å². The first-order chi connectivity index (χ1) is 23.0. The van der Waals surface area contributed by atoms with Gasteiger partial charge in [0.1, 0.15) is 85.5 Å². The summed E-state index contributed by atoms with van der Waals surface area (Å²) in [5, 5.41) is 125. The number of hydrogen-bond acceptors (Lipinski definition) is 21. The van der Waals surface area contributed by atoms with Crippen LogP contribution in [-0.4, -0.2) is 223 Å². The summed E-state index contributed by atoms with van der Waals surface area (Å²) in [4.78, 5) is 23.9. The third kappa shape index (κ3) is 8.30. The molecule has 0 spiro atoms. The van der Waals surface area contributed by atoms with Crippen molar-refractivity contribution >= 4 is 11.9 Å². The molecule has 4 saturated heterocycles. The molecule has 0 aromatic heterocycles. The van der Waals surface area contributed by atoms with Gasteiger partial charge in [-0.1, -0.05) is 0 Å². The van der Waals surface area contributed by atoms with E-state index >= 15 is 0 Å². The summed E-state index contributed by atoms with van der Waals surface area (Å²) in [7, 11) is 2.46. The topological polar surface area (TPSA) is 360 Å². The normalized spacial score (nSPS) is 49.4. The highest BCUT2D eigenvalue weighted by Gasteiger charge is 2.57. The van der Waals surface area contributed by atoms with Gasteiger partial charge < -0.3 is 104 Å². The molecule has 49 heavy (non-hydrogen) atoms. The fraction of sp³-hybridized carbons (Fsp3) is 0.923. The molecule has 0 radical (unpaired) electrons. The van der Waals surface area contributed by atoms with Gasteiger partial charge in [-0.15, -0.1) is 0 Å². The zero-order chi connectivity index (χ0) is 36.5. The summed E-state index contributed by atoms with van der Waals surface area (Å²) >= 11 is 0. The summed E-state index contributed by atoms with van der Waals surface area (Å²) in [5.74, 6) is -3.61. The van der Waals surface area contributed by atoms with E-state index in [0.29, 0.717) is 0 Å². The van der Waals surface area contributed by atoms with Crippen molar-refractivity contribution in [3.63, 3.8) is 0 Å². The number of rotatable bonds is 12. The number of ether oxygens (including phenoxy) is 9. The van der Waals surface area contributed by atoms with E-state index in [0.717, 1.165) is 0 Å². The van der Waals surface area contributed by atoms with Gasteiger partial charge in [-0.2, -0.15) is 0 Å². The molecule has 4 fully saturated rings. The maximum Gasteiger partial charge on any atom is 0.335 e. The van der Waals surface area contributed by atoms with Gasteiger partial charge in [-0.25, -0.2) is 9.59 Å². The lowest BCUT2D eigenvalue weighted by molar-refractivity contribution is -0.392. The van der Waals surface area contributed by atoms with Crippen molar-refractivity contribution in [2.24, 2.45) is 0 Å². The minimum Gasteiger partial charge on any atom is -0.479 e. The van der Waals surface area contributed by atoms with Crippen molar-refractivity contribution < 1.29 is 113 Å². The Balaban J connectivity index is 1.56. The van der Waals surface area contributed by atoms with E-state index in [2.05, 4.69) is 0 Å². The minimum atomic E-state index is -2.26. The first-order valence-corrected chi connectivity index (χ1v) is 14.9. The molecule has 0 saturated carbocycles. The van der Waals surface area contributed by atoms with E-state index in [1.807, 2.05) is 0 Å². The Kier molecular flexibility index (Phi) is 13.6. The molecule has 23 heteroatoms. The predicted molar refractivity (Wildman–Crippen MR) is 145 cm³/mol. The number of aliphatic carboxylic acids is 2. The second-order valence-corrected chi connectivity index (χ2v) is 11.8. The molecule has 284 valence electrons. The first kappa shape index (κ1) is 40.0. The van der Waals surface area contributed by atoms with Crippen LogP contribution in [0, 0.1) is 0 Å². The number of hydrogen-bond donors (Lipinski definition) is 12. The summed E-state index contributed by atoms with van der Waals surface area (Å²) in [5.41, 5.74) is 0. The molecule has 12 N–H and O–H groups in total. The van der Waals surface area contributed by atoms with Crippen molar-refractivity contribution in [2.75, 3.05) is 27.4 Å². The summed E-state index contributed by atoms with van der Waals surface area (Å²) in [6.07, 6.45) is -39.7. The lowest BCUT2D eigenvalue weighted by Gasteiger charge is -2.48. The zero-order valence-corrected chi connectivity index (χ0v) is 25.8. The van der Waals surface area contributed by atoms with Crippen LogP contribution >= 0.6 is 0 Å². The number of aliphatic hydroxyl groups is 10. The predicted octanol–water partition coefficient (Wildman–Crippen LogP) is -8.26. The fourth-order valence-electron chi connectivity index (χ4n) is 5.76. The van der Waals surface area contributed by atoms with E-state index in [-0.39, 0.29) is 6.61 Å². The molecule has 4 rings (SSSR count). The van der Waals surface area contributed by atoms with Crippen LogP contribution in [0.5, 0.6) is 0 Å². The Morgan fingerprint density at radius 1 is 0.469 bits per heavy atom. The second-order valence-electron chi connectivity index (χ2n) is 11.8. The molecular weight excluding hydrogens is 680 g/mol. The smallest absolute Gasteiger partial charge is 0.335 e. The van der Waals surface area contributed by atoms with E-state index in [9.17, 15) is 70.9 Å². The van der Waals surface area contributed by atoms with Crippen molar-refractivity contribution in [2.45, 2.75) is 123 Å². The number of carbonyl (C=O) groups is 2. The van der Waals surface area contributed by atoms with Gasteiger partial charge in [0.2, 0.25) is 0 Å². The molecular formula is C26H42O23.